The average Bonchev–Trinajstić information content (AvgIpc) is 2.89. The van der Waals surface area contributed by atoms with Crippen LogP contribution in [0.2, 0.25) is 0 Å². The van der Waals surface area contributed by atoms with Crippen molar-refractivity contribution in [3.8, 4) is 0 Å². The van der Waals surface area contributed by atoms with Gasteiger partial charge in [0.15, 0.2) is 81.4 Å². The number of benzene rings is 3. The Morgan fingerprint density at radius 3 is 1.00 bits per heavy atom. The van der Waals surface area contributed by atoms with E-state index in [0.717, 1.165) is 0 Å². The van der Waals surface area contributed by atoms with Crippen LogP contribution in [0.1, 0.15) is 0 Å². The number of hydrogen-bond donors (Lipinski definition) is 0. The summed E-state index contributed by atoms with van der Waals surface area (Å²) in [4.78, 5) is 0. The van der Waals surface area contributed by atoms with Crippen LogP contribution in [0.4, 0.5) is 61.5 Å². The van der Waals surface area contributed by atoms with Crippen LogP contribution in [-0.4, -0.2) is 21.4 Å². The lowest BCUT2D eigenvalue weighted by Gasteiger charge is -2.32. The first-order valence-corrected chi connectivity index (χ1v) is 9.50. The van der Waals surface area contributed by atoms with Gasteiger partial charge in [-0.2, -0.15) is 0 Å². The molecule has 0 radical (unpaired) electrons. The fourth-order valence-electron chi connectivity index (χ4n) is 3.27. The van der Waals surface area contributed by atoms with E-state index in [9.17, 15) is 61.5 Å². The van der Waals surface area contributed by atoms with E-state index in [1.165, 1.54) is 0 Å². The number of halogens is 14. The highest BCUT2D eigenvalue weighted by molar-refractivity contribution is 6.87. The molecule has 1 aliphatic rings. The molecule has 20 heteroatoms. The monoisotopic (exact) mass is 564 g/mol. The molecule has 198 valence electrons. The standard InChI is InChI=1S/C18HB3F14O3/c22-3-1-2(6(23)12(29)7(3)24)19-36-20(4-8(25)13(30)17(34)14(31)9(4)26)38-21(37-19)5-10(27)15(32)18(35)16(33)11(5)28/h1H. The van der Waals surface area contributed by atoms with Gasteiger partial charge in [-0.25, -0.2) is 61.5 Å². The fourth-order valence-corrected chi connectivity index (χ4v) is 3.27. The minimum Gasteiger partial charge on any atom is -0.444 e. The quantitative estimate of drug-likeness (QED) is 0.212. The number of hydrogen-bond acceptors (Lipinski definition) is 3. The molecule has 0 saturated carbocycles. The van der Waals surface area contributed by atoms with Gasteiger partial charge < -0.3 is 13.7 Å². The fraction of sp³-hybridized carbons (Fsp3) is 0. The Kier molecular flexibility index (Phi) is 7.17. The third-order valence-electron chi connectivity index (χ3n) is 5.09. The van der Waals surface area contributed by atoms with Gasteiger partial charge in [0.1, 0.15) is 0 Å². The SMILES string of the molecule is Fc1cc(B2OB(c3c(F)c(F)c(F)c(F)c3F)OB(c3c(F)c(F)c(F)c(F)c3F)O2)c(F)c(F)c1F. The summed E-state index contributed by atoms with van der Waals surface area (Å²) in [5, 5.41) is 0. The van der Waals surface area contributed by atoms with Gasteiger partial charge in [0.2, 0.25) is 0 Å². The molecular weight excluding hydrogens is 563 g/mol. The van der Waals surface area contributed by atoms with Crippen LogP contribution in [-0.2, 0) is 13.7 Å². The van der Waals surface area contributed by atoms with Crippen molar-refractivity contribution < 1.29 is 75.2 Å². The van der Waals surface area contributed by atoms with E-state index < -0.39 is 119 Å². The Balaban J connectivity index is 1.96. The van der Waals surface area contributed by atoms with Gasteiger partial charge in [0.25, 0.3) is 0 Å². The van der Waals surface area contributed by atoms with Crippen molar-refractivity contribution in [2.24, 2.45) is 0 Å². The summed E-state index contributed by atoms with van der Waals surface area (Å²) in [6.07, 6.45) is 0. The zero-order chi connectivity index (χ0) is 28.4. The maximum atomic E-state index is 14.4. The molecule has 1 heterocycles. The lowest BCUT2D eigenvalue weighted by atomic mass is 9.61. The highest BCUT2D eigenvalue weighted by Gasteiger charge is 2.51. The Hall–Kier alpha value is -3.25. The molecule has 0 bridgehead atoms. The van der Waals surface area contributed by atoms with E-state index in [2.05, 4.69) is 13.7 Å². The molecule has 0 aromatic heterocycles. The summed E-state index contributed by atoms with van der Waals surface area (Å²) in [7, 11) is -9.14. The minimum absolute atomic E-state index is 0.213. The van der Waals surface area contributed by atoms with E-state index in [0.29, 0.717) is 0 Å². The third kappa shape index (κ3) is 4.19. The summed E-state index contributed by atoms with van der Waals surface area (Å²) >= 11 is 0. The van der Waals surface area contributed by atoms with Crippen LogP contribution in [0, 0.1) is 81.4 Å². The second-order valence-corrected chi connectivity index (χ2v) is 7.26. The molecule has 1 fully saturated rings. The van der Waals surface area contributed by atoms with Gasteiger partial charge in [-0.1, -0.05) is 0 Å². The van der Waals surface area contributed by atoms with Crippen LogP contribution >= 0.6 is 0 Å². The molecule has 0 unspecified atom stereocenters. The molecule has 0 spiro atoms. The van der Waals surface area contributed by atoms with E-state index in [4.69, 9.17) is 0 Å². The van der Waals surface area contributed by atoms with Gasteiger partial charge in [0, 0.05) is 5.46 Å². The van der Waals surface area contributed by atoms with Crippen molar-refractivity contribution in [3.05, 3.63) is 87.5 Å². The molecule has 4 rings (SSSR count). The molecule has 3 nitrogen and oxygen atoms in total. The molecule has 0 amide bonds. The van der Waals surface area contributed by atoms with Crippen molar-refractivity contribution in [3.63, 3.8) is 0 Å². The maximum Gasteiger partial charge on any atom is 0.473 e. The van der Waals surface area contributed by atoms with Crippen molar-refractivity contribution in [1.82, 2.24) is 0 Å². The Labute approximate surface area is 201 Å². The first kappa shape index (κ1) is 27.8. The van der Waals surface area contributed by atoms with Crippen molar-refractivity contribution >= 4 is 37.7 Å². The second-order valence-electron chi connectivity index (χ2n) is 7.26. The maximum absolute atomic E-state index is 14.4. The molecule has 0 atom stereocenters. The molecule has 0 aliphatic carbocycles. The highest BCUT2D eigenvalue weighted by atomic mass is 19.2. The third-order valence-corrected chi connectivity index (χ3v) is 5.09. The Morgan fingerprint density at radius 1 is 0.342 bits per heavy atom. The van der Waals surface area contributed by atoms with Crippen LogP contribution < -0.4 is 16.4 Å². The van der Waals surface area contributed by atoms with Crippen molar-refractivity contribution in [1.29, 1.82) is 0 Å². The molecule has 3 aromatic carbocycles. The van der Waals surface area contributed by atoms with E-state index in [1.54, 1.807) is 0 Å². The molecule has 1 aliphatic heterocycles. The largest absolute Gasteiger partial charge is 0.473 e. The Morgan fingerprint density at radius 2 is 0.632 bits per heavy atom. The molecular formula is C18HB3F14O3. The lowest BCUT2D eigenvalue weighted by molar-refractivity contribution is 0.298. The van der Waals surface area contributed by atoms with Gasteiger partial charge in [-0.15, -0.1) is 0 Å². The first-order chi connectivity index (χ1) is 17.7. The predicted octanol–water partition coefficient (Wildman–Crippen LogP) is 3.18. The van der Waals surface area contributed by atoms with Gasteiger partial charge in [-0.3, -0.25) is 0 Å². The smallest absolute Gasteiger partial charge is 0.444 e. The minimum atomic E-state index is -3.12. The predicted molar refractivity (Wildman–Crippen MR) is 98.2 cm³/mol. The highest BCUT2D eigenvalue weighted by Crippen LogP contribution is 2.23. The zero-order valence-corrected chi connectivity index (χ0v) is 17.3. The summed E-state index contributed by atoms with van der Waals surface area (Å²) in [5.41, 5.74) is -5.77. The Bertz CT molecular complexity index is 1350. The van der Waals surface area contributed by atoms with E-state index in [1.807, 2.05) is 0 Å². The lowest BCUT2D eigenvalue weighted by Crippen LogP contribution is -2.64. The molecule has 38 heavy (non-hydrogen) atoms. The van der Waals surface area contributed by atoms with Crippen LogP contribution in [0.15, 0.2) is 6.07 Å². The van der Waals surface area contributed by atoms with Gasteiger partial charge >= 0.3 is 21.4 Å². The van der Waals surface area contributed by atoms with E-state index in [-0.39, 0.29) is 6.07 Å². The summed E-state index contributed by atoms with van der Waals surface area (Å²) in [6.45, 7) is 0. The molecule has 3 aromatic rings. The summed E-state index contributed by atoms with van der Waals surface area (Å²) in [6, 6.07) is -0.213. The normalized spacial score (nSPS) is 14.1. The number of rotatable bonds is 3. The second kappa shape index (κ2) is 9.81. The summed E-state index contributed by atoms with van der Waals surface area (Å²) in [5.74, 6) is -36.3. The van der Waals surface area contributed by atoms with Crippen LogP contribution in [0.5, 0.6) is 0 Å². The topological polar surface area (TPSA) is 27.7 Å². The van der Waals surface area contributed by atoms with E-state index >= 15 is 0 Å². The van der Waals surface area contributed by atoms with Crippen molar-refractivity contribution in [2.75, 3.05) is 0 Å². The molecule has 1 saturated heterocycles. The van der Waals surface area contributed by atoms with Crippen LogP contribution in [0.25, 0.3) is 0 Å². The van der Waals surface area contributed by atoms with Gasteiger partial charge in [-0.05, 0) is 6.07 Å². The first-order valence-electron chi connectivity index (χ1n) is 9.50. The van der Waals surface area contributed by atoms with Crippen LogP contribution in [0.3, 0.4) is 0 Å². The zero-order valence-electron chi connectivity index (χ0n) is 17.3. The molecule has 0 N–H and O–H groups in total. The van der Waals surface area contributed by atoms with Crippen molar-refractivity contribution in [2.45, 2.75) is 0 Å². The summed E-state index contributed by atoms with van der Waals surface area (Å²) < 4.78 is 208. The average molecular weight is 564 g/mol. The van der Waals surface area contributed by atoms with Gasteiger partial charge in [0.05, 0.1) is 10.9 Å².